The van der Waals surface area contributed by atoms with E-state index in [9.17, 15) is 0 Å². The van der Waals surface area contributed by atoms with Gasteiger partial charge in [0.1, 0.15) is 5.76 Å². The maximum absolute atomic E-state index is 5.37. The van der Waals surface area contributed by atoms with Gasteiger partial charge in [0.25, 0.3) is 0 Å². The first-order valence-electron chi connectivity index (χ1n) is 5.80. The van der Waals surface area contributed by atoms with Crippen molar-refractivity contribution < 1.29 is 9.15 Å². The Morgan fingerprint density at radius 2 is 2.25 bits per heavy atom. The zero-order valence-electron chi connectivity index (χ0n) is 9.54. The Bertz CT molecular complexity index is 321. The van der Waals surface area contributed by atoms with Crippen molar-refractivity contribution in [3.63, 3.8) is 0 Å². The Kier molecular flexibility index (Phi) is 4.44. The van der Waals surface area contributed by atoms with Crippen LogP contribution in [-0.4, -0.2) is 19.3 Å². The maximum Gasteiger partial charge on any atom is 0.131 e. The minimum atomic E-state index is 0.515. The molecule has 1 N–H and O–H groups in total. The van der Waals surface area contributed by atoms with Crippen LogP contribution in [-0.2, 0) is 11.3 Å². The van der Waals surface area contributed by atoms with E-state index in [1.165, 1.54) is 0 Å². The third-order valence-electron chi connectivity index (χ3n) is 3.25. The highest BCUT2D eigenvalue weighted by atomic mass is 79.9. The molecule has 0 amide bonds. The number of ether oxygens (including phenoxy) is 1. The van der Waals surface area contributed by atoms with Gasteiger partial charge in [-0.2, -0.15) is 0 Å². The number of nitrogens with one attached hydrogen (secondary N) is 1. The zero-order chi connectivity index (χ0) is 11.4. The molecule has 1 aromatic heterocycles. The molecular formula is C12H18BrNO2. The van der Waals surface area contributed by atoms with Crippen molar-refractivity contribution in [3.8, 4) is 0 Å². The second kappa shape index (κ2) is 5.84. The van der Waals surface area contributed by atoms with Crippen molar-refractivity contribution in [2.75, 3.05) is 13.2 Å². The second-order valence-electron chi connectivity index (χ2n) is 4.31. The molecule has 0 radical (unpaired) electrons. The van der Waals surface area contributed by atoms with Crippen molar-refractivity contribution in [1.82, 2.24) is 5.32 Å². The van der Waals surface area contributed by atoms with Gasteiger partial charge in [-0.1, -0.05) is 0 Å². The van der Waals surface area contributed by atoms with Gasteiger partial charge in [-0.25, -0.2) is 0 Å². The van der Waals surface area contributed by atoms with E-state index in [4.69, 9.17) is 9.15 Å². The summed E-state index contributed by atoms with van der Waals surface area (Å²) in [4.78, 5) is 0. The van der Waals surface area contributed by atoms with Crippen molar-refractivity contribution in [2.45, 2.75) is 32.4 Å². The van der Waals surface area contributed by atoms with Crippen molar-refractivity contribution >= 4 is 15.9 Å². The van der Waals surface area contributed by atoms with Gasteiger partial charge in [-0.3, -0.25) is 0 Å². The Hall–Kier alpha value is -0.320. The lowest BCUT2D eigenvalue weighted by atomic mass is 9.93. The Morgan fingerprint density at radius 3 is 2.88 bits per heavy atom. The average molecular weight is 288 g/mol. The number of rotatable bonds is 4. The molecule has 4 heteroatoms. The summed E-state index contributed by atoms with van der Waals surface area (Å²) in [6.45, 7) is 4.83. The predicted octanol–water partition coefficient (Wildman–Crippen LogP) is 2.95. The van der Waals surface area contributed by atoms with Crippen LogP contribution in [0.2, 0.25) is 0 Å². The number of hydrogen-bond donors (Lipinski definition) is 1. The van der Waals surface area contributed by atoms with Gasteiger partial charge in [-0.15, -0.1) is 0 Å². The largest absolute Gasteiger partial charge is 0.467 e. The van der Waals surface area contributed by atoms with Gasteiger partial charge in [-0.05, 0) is 47.7 Å². The first-order chi connectivity index (χ1) is 7.77. The molecule has 1 fully saturated rings. The fourth-order valence-corrected chi connectivity index (χ4v) is 2.43. The van der Waals surface area contributed by atoms with Crippen molar-refractivity contribution in [1.29, 1.82) is 0 Å². The summed E-state index contributed by atoms with van der Waals surface area (Å²) >= 11 is 3.46. The first kappa shape index (κ1) is 12.1. The van der Waals surface area contributed by atoms with E-state index in [0.717, 1.165) is 48.8 Å². The molecule has 0 spiro atoms. The Morgan fingerprint density at radius 1 is 1.50 bits per heavy atom. The van der Waals surface area contributed by atoms with Crippen molar-refractivity contribution in [3.05, 3.63) is 22.6 Å². The van der Waals surface area contributed by atoms with E-state index >= 15 is 0 Å². The van der Waals surface area contributed by atoms with E-state index in [1.54, 1.807) is 6.26 Å². The highest BCUT2D eigenvalue weighted by molar-refractivity contribution is 9.10. The average Bonchev–Trinajstić information content (AvgIpc) is 2.73. The summed E-state index contributed by atoms with van der Waals surface area (Å²) in [6, 6.07) is 2.44. The van der Waals surface area contributed by atoms with E-state index in [0.29, 0.717) is 6.04 Å². The van der Waals surface area contributed by atoms with Gasteiger partial charge < -0.3 is 14.5 Å². The van der Waals surface area contributed by atoms with E-state index in [1.807, 2.05) is 6.07 Å². The molecule has 1 saturated heterocycles. The second-order valence-corrected chi connectivity index (χ2v) is 5.17. The minimum absolute atomic E-state index is 0.515. The summed E-state index contributed by atoms with van der Waals surface area (Å²) in [5.41, 5.74) is 0. The normalized spacial score (nSPS) is 19.9. The van der Waals surface area contributed by atoms with Crippen LogP contribution in [0.3, 0.4) is 0 Å². The maximum atomic E-state index is 5.37. The fraction of sp³-hybridized carbons (Fsp3) is 0.667. The fourth-order valence-electron chi connectivity index (χ4n) is 2.09. The van der Waals surface area contributed by atoms with Crippen LogP contribution in [0.4, 0.5) is 0 Å². The van der Waals surface area contributed by atoms with E-state index < -0.39 is 0 Å². The van der Waals surface area contributed by atoms with Gasteiger partial charge in [0, 0.05) is 19.3 Å². The van der Waals surface area contributed by atoms with Gasteiger partial charge >= 0.3 is 0 Å². The number of halogens is 1. The Balaban J connectivity index is 1.78. The van der Waals surface area contributed by atoms with Crippen LogP contribution in [0.15, 0.2) is 21.2 Å². The Labute approximate surface area is 105 Å². The van der Waals surface area contributed by atoms with Crippen LogP contribution in [0.1, 0.15) is 25.5 Å². The molecule has 1 aromatic rings. The molecule has 90 valence electrons. The quantitative estimate of drug-likeness (QED) is 0.925. The standard InChI is InChI=1S/C12H18BrNO2/c1-9(10-2-5-15-6-3-10)14-8-12-11(13)4-7-16-12/h4,7,9-10,14H,2-3,5-6,8H2,1H3. The third-order valence-corrected chi connectivity index (χ3v) is 3.96. The number of furan rings is 1. The molecular weight excluding hydrogens is 270 g/mol. The molecule has 1 aliphatic rings. The molecule has 1 atom stereocenters. The van der Waals surface area contributed by atoms with Crippen LogP contribution >= 0.6 is 15.9 Å². The predicted molar refractivity (Wildman–Crippen MR) is 66.3 cm³/mol. The van der Waals surface area contributed by atoms with E-state index in [-0.39, 0.29) is 0 Å². The SMILES string of the molecule is CC(NCc1occc1Br)C1CCOCC1. The van der Waals surface area contributed by atoms with Crippen molar-refractivity contribution in [2.24, 2.45) is 5.92 Å². The molecule has 1 aliphatic heterocycles. The lowest BCUT2D eigenvalue weighted by molar-refractivity contribution is 0.0555. The molecule has 0 bridgehead atoms. The van der Waals surface area contributed by atoms with Crippen LogP contribution < -0.4 is 5.32 Å². The highest BCUT2D eigenvalue weighted by Gasteiger charge is 2.20. The van der Waals surface area contributed by atoms with E-state index in [2.05, 4.69) is 28.2 Å². The third kappa shape index (κ3) is 3.09. The molecule has 0 aliphatic carbocycles. The monoisotopic (exact) mass is 287 g/mol. The highest BCUT2D eigenvalue weighted by Crippen LogP contribution is 2.21. The molecule has 3 nitrogen and oxygen atoms in total. The lowest BCUT2D eigenvalue weighted by Crippen LogP contribution is -2.36. The van der Waals surface area contributed by atoms with Crippen LogP contribution in [0, 0.1) is 5.92 Å². The van der Waals surface area contributed by atoms with Gasteiger partial charge in [0.15, 0.2) is 0 Å². The summed E-state index contributed by atoms with van der Waals surface area (Å²) in [6.07, 6.45) is 4.03. The topological polar surface area (TPSA) is 34.4 Å². The molecule has 16 heavy (non-hydrogen) atoms. The smallest absolute Gasteiger partial charge is 0.131 e. The summed E-state index contributed by atoms with van der Waals surface area (Å²) in [5, 5.41) is 3.52. The summed E-state index contributed by atoms with van der Waals surface area (Å²) in [7, 11) is 0. The summed E-state index contributed by atoms with van der Waals surface area (Å²) in [5.74, 6) is 1.70. The molecule has 2 rings (SSSR count). The lowest BCUT2D eigenvalue weighted by Gasteiger charge is -2.28. The first-order valence-corrected chi connectivity index (χ1v) is 6.59. The molecule has 0 saturated carbocycles. The molecule has 2 heterocycles. The summed E-state index contributed by atoms with van der Waals surface area (Å²) < 4.78 is 11.8. The van der Waals surface area contributed by atoms with Gasteiger partial charge in [0.2, 0.25) is 0 Å². The van der Waals surface area contributed by atoms with Gasteiger partial charge in [0.05, 0.1) is 17.3 Å². The zero-order valence-corrected chi connectivity index (χ0v) is 11.1. The number of hydrogen-bond acceptors (Lipinski definition) is 3. The van der Waals surface area contributed by atoms with Crippen LogP contribution in [0.5, 0.6) is 0 Å². The molecule has 0 aromatic carbocycles. The molecule has 1 unspecified atom stereocenters. The van der Waals surface area contributed by atoms with Crippen LogP contribution in [0.25, 0.3) is 0 Å². The minimum Gasteiger partial charge on any atom is -0.467 e.